The number of alkyl halides is 1. The number of ether oxygens (including phenoxy) is 2. The van der Waals surface area contributed by atoms with Crippen molar-refractivity contribution in [2.45, 2.75) is 82.9 Å². The number of halogens is 1. The maximum atomic E-state index is 12.9. The Morgan fingerprint density at radius 2 is 2.07 bits per heavy atom. The van der Waals surface area contributed by atoms with Crippen LogP contribution >= 0.6 is 15.9 Å². The molecule has 0 bridgehead atoms. The monoisotopic (exact) mass is 476 g/mol. The third-order valence-electron chi connectivity index (χ3n) is 7.73. The lowest BCUT2D eigenvalue weighted by molar-refractivity contribution is -0.134. The lowest BCUT2D eigenvalue weighted by Crippen LogP contribution is -2.42. The summed E-state index contributed by atoms with van der Waals surface area (Å²) in [5, 5.41) is 0. The summed E-state index contributed by atoms with van der Waals surface area (Å²) < 4.78 is 11.8. The van der Waals surface area contributed by atoms with Gasteiger partial charge in [-0.3, -0.25) is 9.59 Å². The number of ketones is 1. The van der Waals surface area contributed by atoms with Crippen molar-refractivity contribution in [1.82, 2.24) is 0 Å². The molecule has 1 aromatic rings. The molecule has 0 radical (unpaired) electrons. The van der Waals surface area contributed by atoms with Gasteiger partial charge in [-0.15, -0.1) is 0 Å². The molecule has 2 saturated carbocycles. The minimum Gasteiger partial charge on any atom is -0.493 e. The third kappa shape index (κ3) is 3.72. The van der Waals surface area contributed by atoms with Crippen LogP contribution in [0.5, 0.6) is 11.5 Å². The first-order chi connectivity index (χ1) is 14.4. The average molecular weight is 477 g/mol. The van der Waals surface area contributed by atoms with E-state index in [2.05, 4.69) is 35.8 Å². The number of hydrogen-bond donors (Lipinski definition) is 0. The topological polar surface area (TPSA) is 52.6 Å². The van der Waals surface area contributed by atoms with E-state index < -0.39 is 0 Å². The number of carbonyl (C=O) groups is 2. The number of aryl methyl sites for hydroxylation is 1. The Bertz CT molecular complexity index is 835. The Balaban J connectivity index is 1.69. The summed E-state index contributed by atoms with van der Waals surface area (Å²) in [5.74, 6) is 2.88. The second-order valence-electron chi connectivity index (χ2n) is 9.46. The Hall–Kier alpha value is -1.36. The zero-order valence-electron chi connectivity index (χ0n) is 18.3. The summed E-state index contributed by atoms with van der Waals surface area (Å²) in [5.41, 5.74) is 2.24. The fraction of sp³-hybridized carbons (Fsp3) is 0.680. The number of carbonyl (C=O) groups excluding carboxylic acids is 2. The normalized spacial score (nSPS) is 32.2. The van der Waals surface area contributed by atoms with Gasteiger partial charge in [0.2, 0.25) is 0 Å². The van der Waals surface area contributed by atoms with E-state index in [9.17, 15) is 9.59 Å². The molecule has 3 aliphatic carbocycles. The molecule has 2 fully saturated rings. The van der Waals surface area contributed by atoms with Gasteiger partial charge in [-0.25, -0.2) is 0 Å². The minimum absolute atomic E-state index is 0.0145. The summed E-state index contributed by atoms with van der Waals surface area (Å²) in [6, 6.07) is 4.08. The van der Waals surface area contributed by atoms with E-state index in [-0.39, 0.29) is 16.2 Å². The molecular weight excluding hydrogens is 444 g/mol. The number of unbranched alkanes of at least 4 members (excludes halogenated alkanes) is 1. The number of esters is 1. The Morgan fingerprint density at radius 1 is 1.27 bits per heavy atom. The second-order valence-corrected chi connectivity index (χ2v) is 10.6. The van der Waals surface area contributed by atoms with E-state index in [0.29, 0.717) is 42.3 Å². The average Bonchev–Trinajstić information content (AvgIpc) is 2.97. The molecule has 0 saturated heterocycles. The van der Waals surface area contributed by atoms with Crippen molar-refractivity contribution in [3.05, 3.63) is 23.3 Å². The quantitative estimate of drug-likeness (QED) is 0.219. The molecule has 0 unspecified atom stereocenters. The van der Waals surface area contributed by atoms with Gasteiger partial charge in [-0.2, -0.15) is 0 Å². The molecule has 0 aromatic heterocycles. The van der Waals surface area contributed by atoms with Crippen LogP contribution in [-0.4, -0.2) is 23.2 Å². The van der Waals surface area contributed by atoms with Crippen LogP contribution in [0.25, 0.3) is 0 Å². The van der Waals surface area contributed by atoms with Crippen molar-refractivity contribution >= 4 is 27.7 Å². The summed E-state index contributed by atoms with van der Waals surface area (Å²) in [7, 11) is 0. The van der Waals surface area contributed by atoms with E-state index in [1.807, 2.05) is 13.0 Å². The highest BCUT2D eigenvalue weighted by molar-refractivity contribution is 9.10. The zero-order valence-corrected chi connectivity index (χ0v) is 19.9. The van der Waals surface area contributed by atoms with Crippen LogP contribution in [0.1, 0.15) is 82.8 Å². The van der Waals surface area contributed by atoms with Gasteiger partial charge in [0, 0.05) is 23.5 Å². The lowest BCUT2D eigenvalue weighted by Gasteiger charge is -2.48. The van der Waals surface area contributed by atoms with E-state index in [1.165, 1.54) is 11.1 Å². The van der Waals surface area contributed by atoms with Gasteiger partial charge in [-0.1, -0.05) is 43.1 Å². The molecule has 5 atom stereocenters. The van der Waals surface area contributed by atoms with E-state index in [1.54, 1.807) is 0 Å². The summed E-state index contributed by atoms with van der Waals surface area (Å²) >= 11 is 3.64. The number of Topliss-reactive ketones (excluding diaryl/α,β-unsaturated/α-hetero) is 1. The molecule has 164 valence electrons. The molecule has 0 heterocycles. The van der Waals surface area contributed by atoms with Crippen molar-refractivity contribution in [2.24, 2.45) is 17.3 Å². The van der Waals surface area contributed by atoms with Crippen LogP contribution < -0.4 is 9.47 Å². The van der Waals surface area contributed by atoms with Gasteiger partial charge >= 0.3 is 5.97 Å². The SMILES string of the molecule is CCCCOc1cc2c(c(OC(=O)CC)c1)[C@H]1CC[C@]3(C)C(=O)[C@H](Br)C[C@H]3[C@@H]1CC2. The van der Waals surface area contributed by atoms with Crippen LogP contribution in [0.2, 0.25) is 0 Å². The first-order valence-corrected chi connectivity index (χ1v) is 12.5. The first-order valence-electron chi connectivity index (χ1n) is 11.6. The number of rotatable bonds is 6. The zero-order chi connectivity index (χ0) is 21.5. The van der Waals surface area contributed by atoms with Crippen LogP contribution in [0.15, 0.2) is 12.1 Å². The second kappa shape index (κ2) is 8.64. The van der Waals surface area contributed by atoms with Crippen molar-refractivity contribution in [2.75, 3.05) is 6.61 Å². The van der Waals surface area contributed by atoms with Crippen LogP contribution in [0.3, 0.4) is 0 Å². The smallest absolute Gasteiger partial charge is 0.310 e. The fourth-order valence-corrected chi connectivity index (χ4v) is 7.03. The van der Waals surface area contributed by atoms with Gasteiger partial charge in [-0.05, 0) is 67.9 Å². The maximum absolute atomic E-state index is 12.9. The molecule has 3 aliphatic rings. The highest BCUT2D eigenvalue weighted by Gasteiger charge is 2.58. The molecule has 0 amide bonds. The Kier molecular flexibility index (Phi) is 6.30. The molecule has 1 aromatic carbocycles. The van der Waals surface area contributed by atoms with E-state index in [0.717, 1.165) is 50.7 Å². The molecule has 0 spiro atoms. The van der Waals surface area contributed by atoms with Gasteiger partial charge < -0.3 is 9.47 Å². The number of fused-ring (bicyclic) bond motifs is 5. The highest BCUT2D eigenvalue weighted by Crippen LogP contribution is 2.61. The predicted octanol–water partition coefficient (Wildman–Crippen LogP) is 5.98. The third-order valence-corrected chi connectivity index (χ3v) is 8.52. The Labute approximate surface area is 188 Å². The van der Waals surface area contributed by atoms with Crippen molar-refractivity contribution in [3.8, 4) is 11.5 Å². The van der Waals surface area contributed by atoms with Crippen LogP contribution in [0.4, 0.5) is 0 Å². The number of hydrogen-bond acceptors (Lipinski definition) is 4. The Morgan fingerprint density at radius 3 is 2.80 bits per heavy atom. The molecule has 30 heavy (non-hydrogen) atoms. The van der Waals surface area contributed by atoms with Crippen molar-refractivity contribution in [1.29, 1.82) is 0 Å². The van der Waals surface area contributed by atoms with Gasteiger partial charge in [0.05, 0.1) is 11.4 Å². The fourth-order valence-electron chi connectivity index (χ4n) is 6.10. The van der Waals surface area contributed by atoms with Gasteiger partial charge in [0.25, 0.3) is 0 Å². The van der Waals surface area contributed by atoms with Gasteiger partial charge in [0.1, 0.15) is 11.5 Å². The lowest BCUT2D eigenvalue weighted by atomic mass is 9.55. The molecule has 0 aliphatic heterocycles. The number of benzene rings is 1. The van der Waals surface area contributed by atoms with Crippen molar-refractivity contribution in [3.63, 3.8) is 0 Å². The molecular formula is C25H33BrO4. The first kappa shape index (κ1) is 21.9. The summed E-state index contributed by atoms with van der Waals surface area (Å²) in [4.78, 5) is 25.1. The standard InChI is InChI=1S/C25H33BrO4/c1-4-6-11-29-16-12-15-7-8-17-18(23(15)21(13-16)30-22(27)5-2)9-10-25(3)19(17)14-20(26)24(25)28/h12-13,17-20H,4-11,14H2,1-3H3/t17-,18+,19+,20-,25+/m1/s1. The summed E-state index contributed by atoms with van der Waals surface area (Å²) in [6.07, 6.45) is 7.29. The van der Waals surface area contributed by atoms with Crippen LogP contribution in [0, 0.1) is 17.3 Å². The molecule has 0 N–H and O–H groups in total. The minimum atomic E-state index is -0.212. The maximum Gasteiger partial charge on any atom is 0.310 e. The van der Waals surface area contributed by atoms with Crippen LogP contribution in [-0.2, 0) is 16.0 Å². The predicted molar refractivity (Wildman–Crippen MR) is 120 cm³/mol. The summed E-state index contributed by atoms with van der Waals surface area (Å²) in [6.45, 7) is 6.83. The molecule has 4 rings (SSSR count). The van der Waals surface area contributed by atoms with E-state index >= 15 is 0 Å². The van der Waals surface area contributed by atoms with Gasteiger partial charge in [0.15, 0.2) is 5.78 Å². The highest BCUT2D eigenvalue weighted by atomic mass is 79.9. The molecule has 5 heteroatoms. The van der Waals surface area contributed by atoms with Crippen molar-refractivity contribution < 1.29 is 19.1 Å². The van der Waals surface area contributed by atoms with E-state index in [4.69, 9.17) is 9.47 Å². The molecule has 4 nitrogen and oxygen atoms in total. The largest absolute Gasteiger partial charge is 0.493 e.